The molecule has 3 rings (SSSR count). The maximum absolute atomic E-state index is 12.1. The fourth-order valence-electron chi connectivity index (χ4n) is 3.66. The van der Waals surface area contributed by atoms with Crippen LogP contribution < -0.4 is 0 Å². The molecule has 0 spiro atoms. The van der Waals surface area contributed by atoms with Gasteiger partial charge in [0.1, 0.15) is 0 Å². The van der Waals surface area contributed by atoms with Crippen molar-refractivity contribution in [3.63, 3.8) is 0 Å². The van der Waals surface area contributed by atoms with Crippen LogP contribution >= 0.6 is 0 Å². The highest BCUT2D eigenvalue weighted by Crippen LogP contribution is 2.48. The van der Waals surface area contributed by atoms with Gasteiger partial charge in [-0.15, -0.1) is 0 Å². The minimum absolute atomic E-state index is 0.252. The lowest BCUT2D eigenvalue weighted by atomic mass is 9.83. The van der Waals surface area contributed by atoms with Crippen molar-refractivity contribution in [2.45, 2.75) is 48.7 Å². The SMILES string of the molecule is Cc1ccc(C#N)cc1C1(O)CC2CCC(C1)S2(=O)=O. The van der Waals surface area contributed by atoms with Crippen molar-refractivity contribution in [3.05, 3.63) is 34.9 Å². The minimum atomic E-state index is -3.06. The molecule has 2 unspecified atom stereocenters. The molecule has 5 heteroatoms. The van der Waals surface area contributed by atoms with Crippen LogP contribution in [0.4, 0.5) is 0 Å². The van der Waals surface area contributed by atoms with E-state index in [1.807, 2.05) is 13.0 Å². The highest BCUT2D eigenvalue weighted by Gasteiger charge is 2.53. The summed E-state index contributed by atoms with van der Waals surface area (Å²) in [6.45, 7) is 1.89. The maximum atomic E-state index is 12.1. The maximum Gasteiger partial charge on any atom is 0.156 e. The number of nitriles is 1. The van der Waals surface area contributed by atoms with Gasteiger partial charge in [0.25, 0.3) is 0 Å². The van der Waals surface area contributed by atoms with Crippen LogP contribution in [0.2, 0.25) is 0 Å². The molecular weight excluding hydrogens is 274 g/mol. The van der Waals surface area contributed by atoms with Crippen molar-refractivity contribution in [1.29, 1.82) is 5.26 Å². The van der Waals surface area contributed by atoms with E-state index >= 15 is 0 Å². The molecule has 2 aliphatic rings. The third-order valence-electron chi connectivity index (χ3n) is 4.74. The Morgan fingerprint density at radius 3 is 2.45 bits per heavy atom. The number of sulfone groups is 1. The van der Waals surface area contributed by atoms with Gasteiger partial charge in [-0.05, 0) is 55.9 Å². The van der Waals surface area contributed by atoms with Crippen LogP contribution in [0.15, 0.2) is 18.2 Å². The molecule has 4 nitrogen and oxygen atoms in total. The molecule has 0 aromatic heterocycles. The Balaban J connectivity index is 2.06. The Morgan fingerprint density at radius 2 is 1.90 bits per heavy atom. The lowest BCUT2D eigenvalue weighted by Gasteiger charge is -2.37. The minimum Gasteiger partial charge on any atom is -0.385 e. The van der Waals surface area contributed by atoms with Gasteiger partial charge in [-0.2, -0.15) is 5.26 Å². The van der Waals surface area contributed by atoms with Crippen molar-refractivity contribution >= 4 is 9.84 Å². The molecule has 0 aliphatic carbocycles. The van der Waals surface area contributed by atoms with Crippen LogP contribution in [0.3, 0.4) is 0 Å². The highest BCUT2D eigenvalue weighted by molar-refractivity contribution is 7.93. The zero-order valence-electron chi connectivity index (χ0n) is 11.3. The average molecular weight is 291 g/mol. The second kappa shape index (κ2) is 4.31. The van der Waals surface area contributed by atoms with Crippen molar-refractivity contribution in [3.8, 4) is 6.07 Å². The number of hydrogen-bond acceptors (Lipinski definition) is 4. The van der Waals surface area contributed by atoms with Gasteiger partial charge >= 0.3 is 0 Å². The molecule has 106 valence electrons. The third kappa shape index (κ3) is 1.87. The van der Waals surface area contributed by atoms with Gasteiger partial charge in [0.2, 0.25) is 0 Å². The van der Waals surface area contributed by atoms with Crippen LogP contribution in [-0.2, 0) is 15.4 Å². The lowest BCUT2D eigenvalue weighted by Crippen LogP contribution is -2.43. The molecule has 0 radical (unpaired) electrons. The Kier molecular flexibility index (Phi) is 2.93. The Labute approximate surface area is 119 Å². The molecule has 2 saturated heterocycles. The Hall–Kier alpha value is -1.38. The van der Waals surface area contributed by atoms with E-state index in [1.54, 1.807) is 12.1 Å². The van der Waals surface area contributed by atoms with E-state index in [-0.39, 0.29) is 12.8 Å². The van der Waals surface area contributed by atoms with Crippen LogP contribution in [0.25, 0.3) is 0 Å². The number of fused-ring (bicyclic) bond motifs is 2. The van der Waals surface area contributed by atoms with Crippen molar-refractivity contribution < 1.29 is 13.5 Å². The summed E-state index contributed by atoms with van der Waals surface area (Å²) in [6.07, 6.45) is 1.79. The molecule has 2 atom stereocenters. The van der Waals surface area contributed by atoms with Crippen LogP contribution in [0.1, 0.15) is 42.4 Å². The highest BCUT2D eigenvalue weighted by atomic mass is 32.2. The van der Waals surface area contributed by atoms with E-state index < -0.39 is 25.9 Å². The number of benzene rings is 1. The zero-order chi connectivity index (χ0) is 14.5. The summed E-state index contributed by atoms with van der Waals surface area (Å²) >= 11 is 0. The first kappa shape index (κ1) is 13.6. The fourth-order valence-corrected chi connectivity index (χ4v) is 6.15. The van der Waals surface area contributed by atoms with Crippen LogP contribution in [0, 0.1) is 18.3 Å². The largest absolute Gasteiger partial charge is 0.385 e. The van der Waals surface area contributed by atoms with Crippen molar-refractivity contribution in [2.24, 2.45) is 0 Å². The van der Waals surface area contributed by atoms with Crippen LogP contribution in [-0.4, -0.2) is 24.0 Å². The standard InChI is InChI=1S/C15H17NO3S/c1-10-2-3-11(9-16)6-14(10)15(17)7-12-4-5-13(8-15)20(12,18)19/h2-3,6,12-13,17H,4-5,7-8H2,1H3. The van der Waals surface area contributed by atoms with Gasteiger partial charge in [-0.3, -0.25) is 0 Å². The summed E-state index contributed by atoms with van der Waals surface area (Å²) in [5.41, 5.74) is 1.00. The topological polar surface area (TPSA) is 78.2 Å². The lowest BCUT2D eigenvalue weighted by molar-refractivity contribution is 0.0167. The summed E-state index contributed by atoms with van der Waals surface area (Å²) in [5.74, 6) is 0. The molecule has 1 N–H and O–H groups in total. The summed E-state index contributed by atoms with van der Waals surface area (Å²) < 4.78 is 24.3. The van der Waals surface area contributed by atoms with E-state index in [9.17, 15) is 13.5 Å². The number of aryl methyl sites for hydroxylation is 1. The first-order valence-electron chi connectivity index (χ1n) is 6.83. The molecule has 1 aromatic rings. The zero-order valence-corrected chi connectivity index (χ0v) is 12.2. The summed E-state index contributed by atoms with van der Waals surface area (Å²) in [5, 5.41) is 19.1. The van der Waals surface area contributed by atoms with Gasteiger partial charge in [0, 0.05) is 0 Å². The Bertz CT molecular complexity index is 682. The molecular formula is C15H17NO3S. The molecule has 20 heavy (non-hydrogen) atoms. The molecule has 2 aliphatic heterocycles. The monoisotopic (exact) mass is 291 g/mol. The van der Waals surface area contributed by atoms with E-state index in [4.69, 9.17) is 5.26 Å². The molecule has 0 saturated carbocycles. The van der Waals surface area contributed by atoms with E-state index in [0.717, 1.165) is 5.56 Å². The Morgan fingerprint density at radius 1 is 1.30 bits per heavy atom. The quantitative estimate of drug-likeness (QED) is 0.855. The van der Waals surface area contributed by atoms with Crippen molar-refractivity contribution in [1.82, 2.24) is 0 Å². The molecule has 2 bridgehead atoms. The third-order valence-corrected chi connectivity index (χ3v) is 7.40. The molecule has 2 heterocycles. The summed E-state index contributed by atoms with van der Waals surface area (Å²) in [6, 6.07) is 7.31. The van der Waals surface area contributed by atoms with E-state index in [1.165, 1.54) is 0 Å². The summed E-state index contributed by atoms with van der Waals surface area (Å²) in [7, 11) is -3.06. The first-order chi connectivity index (χ1) is 9.37. The van der Waals surface area contributed by atoms with Gasteiger partial charge in [-0.25, -0.2) is 8.42 Å². The van der Waals surface area contributed by atoms with E-state index in [2.05, 4.69) is 6.07 Å². The predicted molar refractivity (Wildman–Crippen MR) is 74.8 cm³/mol. The second-order valence-electron chi connectivity index (χ2n) is 5.99. The average Bonchev–Trinajstić information content (AvgIpc) is 2.59. The molecule has 2 fully saturated rings. The predicted octanol–water partition coefficient (Wildman–Crippen LogP) is 1.79. The number of aliphatic hydroxyl groups is 1. The fraction of sp³-hybridized carbons (Fsp3) is 0.533. The van der Waals surface area contributed by atoms with Gasteiger partial charge in [0.15, 0.2) is 9.84 Å². The number of hydrogen-bond donors (Lipinski definition) is 1. The van der Waals surface area contributed by atoms with Gasteiger partial charge in [0.05, 0.1) is 27.7 Å². The van der Waals surface area contributed by atoms with Crippen molar-refractivity contribution in [2.75, 3.05) is 0 Å². The normalized spacial score (nSPS) is 34.6. The molecule has 1 aromatic carbocycles. The van der Waals surface area contributed by atoms with Gasteiger partial charge < -0.3 is 5.11 Å². The number of nitrogens with zero attached hydrogens (tertiary/aromatic N) is 1. The summed E-state index contributed by atoms with van der Waals surface area (Å²) in [4.78, 5) is 0. The number of rotatable bonds is 1. The second-order valence-corrected chi connectivity index (χ2v) is 8.50. The first-order valence-corrected chi connectivity index (χ1v) is 8.44. The smallest absolute Gasteiger partial charge is 0.156 e. The van der Waals surface area contributed by atoms with Gasteiger partial charge in [-0.1, -0.05) is 6.07 Å². The van der Waals surface area contributed by atoms with E-state index in [0.29, 0.717) is 24.0 Å². The van der Waals surface area contributed by atoms with Crippen LogP contribution in [0.5, 0.6) is 0 Å². The molecule has 0 amide bonds.